The molecule has 5 nitrogen and oxygen atoms in total. The summed E-state index contributed by atoms with van der Waals surface area (Å²) in [4.78, 5) is 4.64. The first-order valence-corrected chi connectivity index (χ1v) is 9.07. The van der Waals surface area contributed by atoms with Gasteiger partial charge in [0, 0.05) is 22.0 Å². The molecule has 0 radical (unpaired) electrons. The summed E-state index contributed by atoms with van der Waals surface area (Å²) in [6, 6.07) is 10.7. The largest absolute Gasteiger partial charge is 0.416 e. The van der Waals surface area contributed by atoms with Crippen LogP contribution < -0.4 is 5.32 Å². The Morgan fingerprint density at radius 2 is 1.93 bits per heavy atom. The van der Waals surface area contributed by atoms with Crippen molar-refractivity contribution < 1.29 is 13.2 Å². The molecule has 2 heterocycles. The van der Waals surface area contributed by atoms with Crippen molar-refractivity contribution in [3.63, 3.8) is 0 Å². The van der Waals surface area contributed by atoms with Gasteiger partial charge >= 0.3 is 6.18 Å². The van der Waals surface area contributed by atoms with Gasteiger partial charge in [-0.25, -0.2) is 4.98 Å². The maximum absolute atomic E-state index is 13.1. The Balaban J connectivity index is 1.74. The van der Waals surface area contributed by atoms with Crippen LogP contribution in [0.25, 0.3) is 27.8 Å². The molecule has 2 aromatic heterocycles. The Morgan fingerprint density at radius 3 is 2.68 bits per heavy atom. The fraction of sp³-hybridized carbons (Fsp3) is 0.211. The number of aromatic nitrogens is 4. The van der Waals surface area contributed by atoms with Crippen LogP contribution in [0.5, 0.6) is 0 Å². The Bertz CT molecular complexity index is 1210. The molecule has 9 heteroatoms. The van der Waals surface area contributed by atoms with E-state index in [2.05, 4.69) is 20.6 Å². The number of nitrogens with one attached hydrogen (secondary N) is 1. The van der Waals surface area contributed by atoms with Gasteiger partial charge in [-0.3, -0.25) is 0 Å². The minimum Gasteiger partial charge on any atom is -0.367 e. The average Bonchev–Trinajstić information content (AvgIpc) is 3.37. The highest BCUT2D eigenvalue weighted by molar-refractivity contribution is 6.31. The minimum atomic E-state index is -4.44. The van der Waals surface area contributed by atoms with E-state index >= 15 is 0 Å². The first-order valence-electron chi connectivity index (χ1n) is 8.69. The number of anilines is 1. The number of halogens is 4. The molecule has 1 aliphatic rings. The van der Waals surface area contributed by atoms with Gasteiger partial charge in [-0.2, -0.15) is 17.7 Å². The van der Waals surface area contributed by atoms with Crippen LogP contribution in [0, 0.1) is 0 Å². The summed E-state index contributed by atoms with van der Waals surface area (Å²) in [6.45, 7) is 0. The molecule has 0 bridgehead atoms. The van der Waals surface area contributed by atoms with E-state index in [4.69, 9.17) is 11.6 Å². The molecule has 0 spiro atoms. The van der Waals surface area contributed by atoms with Gasteiger partial charge in [0.25, 0.3) is 0 Å². The summed E-state index contributed by atoms with van der Waals surface area (Å²) >= 11 is 6.15. The van der Waals surface area contributed by atoms with Crippen LogP contribution in [0.2, 0.25) is 5.02 Å². The number of benzene rings is 2. The summed E-state index contributed by atoms with van der Waals surface area (Å²) in [7, 11) is 0. The zero-order valence-corrected chi connectivity index (χ0v) is 15.1. The number of hydrogen-bond acceptors (Lipinski definition) is 4. The van der Waals surface area contributed by atoms with Gasteiger partial charge < -0.3 is 5.32 Å². The third-order valence-electron chi connectivity index (χ3n) is 4.69. The molecule has 1 fully saturated rings. The highest BCUT2D eigenvalue weighted by Gasteiger charge is 2.31. The lowest BCUT2D eigenvalue weighted by Crippen LogP contribution is -2.06. The smallest absolute Gasteiger partial charge is 0.367 e. The van der Waals surface area contributed by atoms with Crippen LogP contribution in [0.15, 0.2) is 42.5 Å². The average molecular weight is 404 g/mol. The summed E-state index contributed by atoms with van der Waals surface area (Å²) < 4.78 is 40.8. The number of alkyl halides is 3. The van der Waals surface area contributed by atoms with Gasteiger partial charge in [0.05, 0.1) is 11.1 Å². The Labute approximate surface area is 162 Å². The number of hydrogen-bond donors (Lipinski definition) is 1. The molecule has 1 saturated carbocycles. The third-order valence-corrected chi connectivity index (χ3v) is 4.92. The molecular weight excluding hydrogens is 391 g/mol. The highest BCUT2D eigenvalue weighted by Crippen LogP contribution is 2.35. The lowest BCUT2D eigenvalue weighted by atomic mass is 10.1. The number of rotatable bonds is 3. The molecule has 4 aromatic rings. The summed E-state index contributed by atoms with van der Waals surface area (Å²) in [5.74, 6) is 0.628. The molecule has 2 aromatic carbocycles. The van der Waals surface area contributed by atoms with Crippen molar-refractivity contribution in [3.05, 3.63) is 53.1 Å². The maximum atomic E-state index is 13.1. The Kier molecular flexibility index (Phi) is 3.74. The molecule has 28 heavy (non-hydrogen) atoms. The summed E-state index contributed by atoms with van der Waals surface area (Å²) in [6.07, 6.45) is -2.34. The van der Waals surface area contributed by atoms with Gasteiger partial charge in [0.15, 0.2) is 5.65 Å². The van der Waals surface area contributed by atoms with E-state index in [-0.39, 0.29) is 0 Å². The molecule has 0 atom stereocenters. The van der Waals surface area contributed by atoms with Gasteiger partial charge in [-0.1, -0.05) is 28.9 Å². The van der Waals surface area contributed by atoms with Gasteiger partial charge in [0.2, 0.25) is 0 Å². The monoisotopic (exact) mass is 403 g/mol. The van der Waals surface area contributed by atoms with Crippen molar-refractivity contribution in [2.45, 2.75) is 25.1 Å². The molecule has 142 valence electrons. The van der Waals surface area contributed by atoms with Crippen LogP contribution in [0.3, 0.4) is 0 Å². The van der Waals surface area contributed by atoms with Crippen molar-refractivity contribution in [2.75, 3.05) is 5.32 Å². The summed E-state index contributed by atoms with van der Waals surface area (Å²) in [5.41, 5.74) is 0.973. The van der Waals surface area contributed by atoms with E-state index in [0.29, 0.717) is 33.8 Å². The standard InChI is InChI=1S/C19H13ClF3N5/c20-12-4-7-15-14(9-12)17(24-13-5-6-13)25-18-16(26-27-28(15)18)10-2-1-3-11(8-10)19(21,22)23/h1-4,7-9,13H,5-6H2,(H,24,25). The minimum absolute atomic E-state index is 0.293. The predicted molar refractivity (Wildman–Crippen MR) is 100 cm³/mol. The zero-order valence-electron chi connectivity index (χ0n) is 14.3. The van der Waals surface area contributed by atoms with Gasteiger partial charge in [0.1, 0.15) is 11.5 Å². The van der Waals surface area contributed by atoms with E-state index in [9.17, 15) is 13.2 Å². The second-order valence-electron chi connectivity index (χ2n) is 6.79. The normalized spacial score (nSPS) is 14.7. The Hall–Kier alpha value is -2.87. The van der Waals surface area contributed by atoms with Crippen LogP contribution >= 0.6 is 11.6 Å². The molecular formula is C19H13ClF3N5. The van der Waals surface area contributed by atoms with Crippen molar-refractivity contribution in [1.29, 1.82) is 0 Å². The van der Waals surface area contributed by atoms with E-state index < -0.39 is 11.7 Å². The summed E-state index contributed by atoms with van der Waals surface area (Å²) in [5, 5.41) is 13.0. The number of fused-ring (bicyclic) bond motifs is 3. The van der Waals surface area contributed by atoms with Gasteiger partial charge in [-0.15, -0.1) is 5.10 Å². The molecule has 0 saturated heterocycles. The van der Waals surface area contributed by atoms with Crippen LogP contribution in [0.4, 0.5) is 19.0 Å². The maximum Gasteiger partial charge on any atom is 0.416 e. The van der Waals surface area contributed by atoms with E-state index in [0.717, 1.165) is 35.9 Å². The molecule has 0 aliphatic heterocycles. The SMILES string of the molecule is FC(F)(F)c1cccc(-c2nnn3c2nc(NC2CC2)c2cc(Cl)ccc23)c1. The molecule has 1 N–H and O–H groups in total. The molecule has 5 rings (SSSR count). The third kappa shape index (κ3) is 2.93. The zero-order chi connectivity index (χ0) is 19.5. The topological polar surface area (TPSA) is 55.1 Å². The van der Waals surface area contributed by atoms with Crippen LogP contribution in [-0.2, 0) is 6.18 Å². The van der Waals surface area contributed by atoms with E-state index in [1.807, 2.05) is 0 Å². The number of nitrogens with zero attached hydrogens (tertiary/aromatic N) is 4. The van der Waals surface area contributed by atoms with Crippen LogP contribution in [0.1, 0.15) is 18.4 Å². The van der Waals surface area contributed by atoms with Gasteiger partial charge in [-0.05, 0) is 43.2 Å². The Morgan fingerprint density at radius 1 is 1.11 bits per heavy atom. The highest BCUT2D eigenvalue weighted by atomic mass is 35.5. The lowest BCUT2D eigenvalue weighted by Gasteiger charge is -2.10. The fourth-order valence-electron chi connectivity index (χ4n) is 3.15. The van der Waals surface area contributed by atoms with Crippen molar-refractivity contribution in [2.24, 2.45) is 0 Å². The molecule has 1 aliphatic carbocycles. The molecule has 0 amide bonds. The first kappa shape index (κ1) is 17.2. The van der Waals surface area contributed by atoms with Crippen molar-refractivity contribution >= 4 is 34.0 Å². The molecule has 0 unspecified atom stereocenters. The van der Waals surface area contributed by atoms with E-state index in [1.54, 1.807) is 24.3 Å². The van der Waals surface area contributed by atoms with Crippen molar-refractivity contribution in [3.8, 4) is 11.3 Å². The predicted octanol–water partition coefficient (Wildman–Crippen LogP) is 5.19. The second-order valence-corrected chi connectivity index (χ2v) is 7.23. The lowest BCUT2D eigenvalue weighted by molar-refractivity contribution is -0.137. The quantitative estimate of drug-likeness (QED) is 0.511. The van der Waals surface area contributed by atoms with Crippen LogP contribution in [-0.4, -0.2) is 25.9 Å². The first-order chi connectivity index (χ1) is 13.4. The second kappa shape index (κ2) is 6.07. The van der Waals surface area contributed by atoms with Crippen molar-refractivity contribution in [1.82, 2.24) is 19.8 Å². The van der Waals surface area contributed by atoms with E-state index in [1.165, 1.54) is 10.6 Å². The fourth-order valence-corrected chi connectivity index (χ4v) is 3.32.